The number of rotatable bonds is 5. The van der Waals surface area contributed by atoms with Crippen molar-refractivity contribution in [2.45, 2.75) is 6.54 Å². The van der Waals surface area contributed by atoms with Crippen LogP contribution in [0.3, 0.4) is 0 Å². The molecule has 30 heavy (non-hydrogen) atoms. The minimum Gasteiger partial charge on any atom is -0.304 e. The molecule has 0 aliphatic heterocycles. The quantitative estimate of drug-likeness (QED) is 0.257. The average Bonchev–Trinajstić information content (AvgIpc) is 2.78. The first kappa shape index (κ1) is 19.8. The Morgan fingerprint density at radius 3 is 2.20 bits per heavy atom. The lowest BCUT2D eigenvalue weighted by Crippen LogP contribution is -2.30. The van der Waals surface area contributed by atoms with Gasteiger partial charge in [-0.25, -0.2) is 0 Å². The van der Waals surface area contributed by atoms with Crippen LogP contribution in [0.2, 0.25) is 0 Å². The largest absolute Gasteiger partial charge is 0.304 e. The molecule has 0 unspecified atom stereocenters. The average molecular weight is 461 g/mol. The molecule has 4 aromatic rings. The number of amides is 1. The third-order valence-corrected chi connectivity index (χ3v) is 5.40. The molecule has 6 heteroatoms. The number of hydrogen-bond donors (Lipinski definition) is 0. The lowest BCUT2D eigenvalue weighted by atomic mass is 10.1. The van der Waals surface area contributed by atoms with Gasteiger partial charge in [0.1, 0.15) is 0 Å². The zero-order chi connectivity index (χ0) is 21.1. The highest BCUT2D eigenvalue weighted by Gasteiger charge is 2.19. The van der Waals surface area contributed by atoms with Crippen molar-refractivity contribution in [2.75, 3.05) is 4.90 Å². The van der Waals surface area contributed by atoms with Crippen LogP contribution in [0.4, 0.5) is 11.4 Å². The second-order valence-corrected chi connectivity index (χ2v) is 7.77. The number of benzene rings is 4. The fourth-order valence-corrected chi connectivity index (χ4v) is 3.54. The van der Waals surface area contributed by atoms with Crippen molar-refractivity contribution >= 4 is 44.0 Å². The van der Waals surface area contributed by atoms with E-state index in [0.717, 1.165) is 26.5 Å². The fraction of sp³-hybridized carbons (Fsp3) is 0.0417. The summed E-state index contributed by atoms with van der Waals surface area (Å²) in [5.41, 5.74) is 2.09. The lowest BCUT2D eigenvalue weighted by molar-refractivity contribution is -0.384. The summed E-state index contributed by atoms with van der Waals surface area (Å²) in [5, 5.41) is 13.1. The monoisotopic (exact) mass is 460 g/mol. The van der Waals surface area contributed by atoms with Crippen LogP contribution in [0.1, 0.15) is 15.9 Å². The van der Waals surface area contributed by atoms with E-state index in [2.05, 4.69) is 15.9 Å². The molecule has 0 atom stereocenters. The Morgan fingerprint density at radius 2 is 1.53 bits per heavy atom. The molecular weight excluding hydrogens is 444 g/mol. The van der Waals surface area contributed by atoms with Crippen LogP contribution in [-0.4, -0.2) is 10.8 Å². The first-order chi connectivity index (χ1) is 14.5. The normalized spacial score (nSPS) is 10.7. The molecule has 0 fully saturated rings. The van der Waals surface area contributed by atoms with E-state index in [0.29, 0.717) is 12.1 Å². The molecule has 0 radical (unpaired) electrons. The molecule has 0 saturated carbocycles. The summed E-state index contributed by atoms with van der Waals surface area (Å²) in [6.45, 7) is 0.376. The van der Waals surface area contributed by atoms with Gasteiger partial charge in [-0.15, -0.1) is 0 Å². The molecule has 0 aromatic heterocycles. The predicted molar refractivity (Wildman–Crippen MR) is 122 cm³/mol. The predicted octanol–water partition coefficient (Wildman–Crippen LogP) is 6.36. The molecule has 0 spiro atoms. The maximum absolute atomic E-state index is 13.4. The lowest BCUT2D eigenvalue weighted by Gasteiger charge is -2.24. The van der Waals surface area contributed by atoms with Crippen LogP contribution < -0.4 is 4.90 Å². The third-order valence-electron chi connectivity index (χ3n) is 4.87. The van der Waals surface area contributed by atoms with Gasteiger partial charge in [-0.2, -0.15) is 0 Å². The zero-order valence-corrected chi connectivity index (χ0v) is 17.5. The fourth-order valence-electron chi connectivity index (χ4n) is 3.28. The Hall–Kier alpha value is -3.51. The highest BCUT2D eigenvalue weighted by molar-refractivity contribution is 9.10. The Kier molecular flexibility index (Phi) is 5.59. The highest BCUT2D eigenvalue weighted by Crippen LogP contribution is 2.26. The number of fused-ring (bicyclic) bond motifs is 1. The number of anilines is 1. The van der Waals surface area contributed by atoms with Gasteiger partial charge in [-0.05, 0) is 52.7 Å². The van der Waals surface area contributed by atoms with E-state index in [1.807, 2.05) is 66.7 Å². The molecule has 1 amide bonds. The molecule has 0 aliphatic carbocycles. The SMILES string of the molecule is O=C(c1ccc([N+](=O)[O-])cc1)N(Cc1ccc(Br)cc1)c1ccc2ccccc2c1. The number of hydrogen-bond acceptors (Lipinski definition) is 3. The van der Waals surface area contributed by atoms with Gasteiger partial charge in [0.2, 0.25) is 0 Å². The Balaban J connectivity index is 1.74. The van der Waals surface area contributed by atoms with Crippen LogP contribution in [0.5, 0.6) is 0 Å². The van der Waals surface area contributed by atoms with Crippen LogP contribution in [0.15, 0.2) is 95.5 Å². The Bertz CT molecular complexity index is 1220. The van der Waals surface area contributed by atoms with Gasteiger partial charge in [0, 0.05) is 27.9 Å². The van der Waals surface area contributed by atoms with E-state index in [-0.39, 0.29) is 11.6 Å². The molecule has 0 heterocycles. The maximum Gasteiger partial charge on any atom is 0.269 e. The number of nitro groups is 1. The summed E-state index contributed by atoms with van der Waals surface area (Å²) >= 11 is 3.43. The zero-order valence-electron chi connectivity index (χ0n) is 15.9. The van der Waals surface area contributed by atoms with Gasteiger partial charge in [-0.1, -0.05) is 58.4 Å². The maximum atomic E-state index is 13.4. The molecule has 4 aromatic carbocycles. The smallest absolute Gasteiger partial charge is 0.269 e. The standard InChI is InChI=1S/C24H17BrN2O3/c25-21-10-5-17(6-11-21)16-26(23-14-7-18-3-1-2-4-20(18)15-23)24(28)19-8-12-22(13-9-19)27(29)30/h1-15H,16H2. The molecule has 4 rings (SSSR count). The van der Waals surface area contributed by atoms with Crippen molar-refractivity contribution in [3.05, 3.63) is 117 Å². The first-order valence-corrected chi connectivity index (χ1v) is 10.1. The van der Waals surface area contributed by atoms with E-state index < -0.39 is 4.92 Å². The minimum absolute atomic E-state index is 0.0447. The van der Waals surface area contributed by atoms with Crippen LogP contribution in [-0.2, 0) is 6.54 Å². The summed E-state index contributed by atoms with van der Waals surface area (Å²) < 4.78 is 0.963. The van der Waals surface area contributed by atoms with Gasteiger partial charge < -0.3 is 4.90 Å². The van der Waals surface area contributed by atoms with Crippen LogP contribution in [0, 0.1) is 10.1 Å². The van der Waals surface area contributed by atoms with Crippen molar-refractivity contribution in [3.8, 4) is 0 Å². The number of non-ortho nitro benzene ring substituents is 1. The molecular formula is C24H17BrN2O3. The topological polar surface area (TPSA) is 63.4 Å². The second-order valence-electron chi connectivity index (χ2n) is 6.85. The van der Waals surface area contributed by atoms with Crippen LogP contribution in [0.25, 0.3) is 10.8 Å². The number of carbonyl (C=O) groups excluding carboxylic acids is 1. The van der Waals surface area contributed by atoms with Crippen molar-refractivity contribution in [3.63, 3.8) is 0 Å². The van der Waals surface area contributed by atoms with Crippen molar-refractivity contribution in [1.82, 2.24) is 0 Å². The van der Waals surface area contributed by atoms with Crippen molar-refractivity contribution in [1.29, 1.82) is 0 Å². The highest BCUT2D eigenvalue weighted by atomic mass is 79.9. The van der Waals surface area contributed by atoms with E-state index in [1.54, 1.807) is 4.90 Å². The summed E-state index contributed by atoms with van der Waals surface area (Å²) in [6.07, 6.45) is 0. The summed E-state index contributed by atoms with van der Waals surface area (Å²) in [4.78, 5) is 25.5. The molecule has 0 aliphatic rings. The molecule has 5 nitrogen and oxygen atoms in total. The van der Waals surface area contributed by atoms with E-state index in [4.69, 9.17) is 0 Å². The first-order valence-electron chi connectivity index (χ1n) is 9.31. The number of nitro benzene ring substituents is 1. The molecule has 0 bridgehead atoms. The molecule has 0 saturated heterocycles. The summed E-state index contributed by atoms with van der Waals surface area (Å²) in [6, 6.07) is 27.3. The van der Waals surface area contributed by atoms with Crippen molar-refractivity contribution in [2.24, 2.45) is 0 Å². The van der Waals surface area contributed by atoms with E-state index in [9.17, 15) is 14.9 Å². The minimum atomic E-state index is -0.475. The third kappa shape index (κ3) is 4.23. The summed E-state index contributed by atoms with van der Waals surface area (Å²) in [5.74, 6) is -0.219. The molecule has 0 N–H and O–H groups in total. The Labute approximate surface area is 181 Å². The number of halogens is 1. The van der Waals surface area contributed by atoms with E-state index in [1.165, 1.54) is 24.3 Å². The molecule has 148 valence electrons. The van der Waals surface area contributed by atoms with Crippen LogP contribution >= 0.6 is 15.9 Å². The van der Waals surface area contributed by atoms with Gasteiger partial charge in [0.15, 0.2) is 0 Å². The second kappa shape index (κ2) is 8.47. The van der Waals surface area contributed by atoms with Gasteiger partial charge in [0.25, 0.3) is 11.6 Å². The van der Waals surface area contributed by atoms with Gasteiger partial charge >= 0.3 is 0 Å². The van der Waals surface area contributed by atoms with Gasteiger partial charge in [-0.3, -0.25) is 14.9 Å². The summed E-state index contributed by atoms with van der Waals surface area (Å²) in [7, 11) is 0. The van der Waals surface area contributed by atoms with Gasteiger partial charge in [0.05, 0.1) is 11.5 Å². The number of carbonyl (C=O) groups is 1. The number of nitrogens with zero attached hydrogens (tertiary/aromatic N) is 2. The van der Waals surface area contributed by atoms with Crippen molar-refractivity contribution < 1.29 is 9.72 Å². The van der Waals surface area contributed by atoms with E-state index >= 15 is 0 Å². The Morgan fingerprint density at radius 1 is 0.867 bits per heavy atom.